The van der Waals surface area contributed by atoms with Crippen LogP contribution in [0.1, 0.15) is 39.3 Å². The SMILES string of the molecule is CNS(=O)(=O)CCN1C(C)c2cc(-c3cn(C(=O)OC(C)(C)C)c4cc(F)ccc34)ccc2S1(O)O. The van der Waals surface area contributed by atoms with E-state index in [-0.39, 0.29) is 12.3 Å². The zero-order valence-corrected chi connectivity index (χ0v) is 22.3. The molecule has 1 atom stereocenters. The lowest BCUT2D eigenvalue weighted by Gasteiger charge is -2.39. The van der Waals surface area contributed by atoms with Crippen LogP contribution in [0.4, 0.5) is 9.18 Å². The van der Waals surface area contributed by atoms with Gasteiger partial charge in [0.25, 0.3) is 0 Å². The van der Waals surface area contributed by atoms with Crippen LogP contribution < -0.4 is 4.72 Å². The van der Waals surface area contributed by atoms with Gasteiger partial charge >= 0.3 is 6.09 Å². The number of ether oxygens (including phenoxy) is 1. The van der Waals surface area contributed by atoms with E-state index in [0.717, 1.165) is 0 Å². The van der Waals surface area contributed by atoms with Crippen molar-refractivity contribution in [1.82, 2.24) is 13.6 Å². The van der Waals surface area contributed by atoms with Crippen molar-refractivity contribution in [1.29, 1.82) is 0 Å². The molecule has 0 radical (unpaired) electrons. The molecule has 4 rings (SSSR count). The number of halogens is 1. The maximum Gasteiger partial charge on any atom is 0.419 e. The Hall–Kier alpha value is -2.48. The van der Waals surface area contributed by atoms with E-state index in [2.05, 4.69) is 4.72 Å². The maximum absolute atomic E-state index is 14.1. The number of nitrogens with zero attached hydrogens (tertiary/aromatic N) is 2. The van der Waals surface area contributed by atoms with Gasteiger partial charge in [-0.1, -0.05) is 6.07 Å². The summed E-state index contributed by atoms with van der Waals surface area (Å²) < 4.78 is 70.2. The van der Waals surface area contributed by atoms with Gasteiger partial charge in [-0.25, -0.2) is 22.3 Å². The van der Waals surface area contributed by atoms with Crippen LogP contribution in [-0.4, -0.2) is 57.4 Å². The van der Waals surface area contributed by atoms with Crippen molar-refractivity contribution in [3.8, 4) is 11.1 Å². The zero-order valence-electron chi connectivity index (χ0n) is 20.6. The smallest absolute Gasteiger partial charge is 0.419 e. The summed E-state index contributed by atoms with van der Waals surface area (Å²) in [5.74, 6) is -0.792. The zero-order chi connectivity index (χ0) is 26.6. The Morgan fingerprint density at radius 1 is 1.19 bits per heavy atom. The number of nitrogens with one attached hydrogen (secondary N) is 1. The van der Waals surface area contributed by atoms with Gasteiger partial charge in [0.15, 0.2) is 0 Å². The minimum absolute atomic E-state index is 0.0755. The van der Waals surface area contributed by atoms with E-state index in [9.17, 15) is 26.7 Å². The fraction of sp³-hybridized carbons (Fsp3) is 0.375. The van der Waals surface area contributed by atoms with Gasteiger partial charge in [-0.05, 0) is 76.2 Å². The number of carbonyl (C=O) groups is 1. The van der Waals surface area contributed by atoms with Gasteiger partial charge in [0.2, 0.25) is 10.0 Å². The number of rotatable bonds is 5. The standard InChI is InChI=1S/C24H30FN3O6S2/c1-15-19-12-16(6-9-22(19)36(32,33)28(15)10-11-35(30,31)26-5)20-14-27(23(29)34-24(2,3)4)21-13-17(25)7-8-18(20)21/h6-9,12-15,26,32-33H,10-11H2,1-5H3. The van der Waals surface area contributed by atoms with Gasteiger partial charge < -0.3 is 4.74 Å². The van der Waals surface area contributed by atoms with Crippen LogP contribution in [0.15, 0.2) is 47.5 Å². The predicted octanol–water partition coefficient (Wildman–Crippen LogP) is 5.18. The number of hydrogen-bond donors (Lipinski definition) is 3. The van der Waals surface area contributed by atoms with Crippen LogP contribution in [0.25, 0.3) is 22.0 Å². The van der Waals surface area contributed by atoms with E-state index in [1.54, 1.807) is 58.2 Å². The van der Waals surface area contributed by atoms with Crippen molar-refractivity contribution in [3.05, 3.63) is 54.0 Å². The highest BCUT2D eigenvalue weighted by Crippen LogP contribution is 2.63. The molecule has 3 N–H and O–H groups in total. The third-order valence-corrected chi connectivity index (χ3v) is 9.53. The first-order chi connectivity index (χ1) is 16.6. The molecule has 1 aromatic heterocycles. The Labute approximate surface area is 211 Å². The molecule has 9 nitrogen and oxygen atoms in total. The molecule has 12 heteroatoms. The second-order valence-corrected chi connectivity index (χ2v) is 13.7. The number of sulfonamides is 1. The highest BCUT2D eigenvalue weighted by atomic mass is 32.3. The highest BCUT2D eigenvalue weighted by molar-refractivity contribution is 8.22. The van der Waals surface area contributed by atoms with Crippen LogP contribution in [0.2, 0.25) is 0 Å². The summed E-state index contributed by atoms with van der Waals surface area (Å²) in [6.45, 7) is 6.92. The molecule has 0 saturated heterocycles. The number of aromatic nitrogens is 1. The summed E-state index contributed by atoms with van der Waals surface area (Å²) in [7, 11) is -5.63. The normalized spacial score (nSPS) is 18.8. The second kappa shape index (κ2) is 9.12. The van der Waals surface area contributed by atoms with Crippen LogP contribution in [0.5, 0.6) is 0 Å². The first-order valence-corrected chi connectivity index (χ1v) is 14.4. The lowest BCUT2D eigenvalue weighted by molar-refractivity contribution is 0.0544. The number of hydrogen-bond acceptors (Lipinski definition) is 7. The molecule has 1 aliphatic heterocycles. The van der Waals surface area contributed by atoms with Gasteiger partial charge in [0.05, 0.1) is 22.2 Å². The molecule has 36 heavy (non-hydrogen) atoms. The van der Waals surface area contributed by atoms with Gasteiger partial charge in [-0.3, -0.25) is 13.7 Å². The van der Waals surface area contributed by atoms with E-state index < -0.39 is 44.4 Å². The molecule has 196 valence electrons. The van der Waals surface area contributed by atoms with Crippen molar-refractivity contribution >= 4 is 37.8 Å². The second-order valence-electron chi connectivity index (χ2n) is 9.67. The van der Waals surface area contributed by atoms with Crippen molar-refractivity contribution in [2.24, 2.45) is 0 Å². The monoisotopic (exact) mass is 539 g/mol. The fourth-order valence-corrected chi connectivity index (χ4v) is 7.03. The van der Waals surface area contributed by atoms with Crippen LogP contribution in [0.3, 0.4) is 0 Å². The Kier molecular flexibility index (Phi) is 6.73. The Balaban J connectivity index is 1.77. The fourth-order valence-electron chi connectivity index (χ4n) is 4.32. The molecule has 2 aromatic carbocycles. The summed E-state index contributed by atoms with van der Waals surface area (Å²) in [6, 6.07) is 8.77. The van der Waals surface area contributed by atoms with Gasteiger partial charge in [0, 0.05) is 23.7 Å². The van der Waals surface area contributed by atoms with Crippen LogP contribution in [0, 0.1) is 5.82 Å². The number of carbonyl (C=O) groups excluding carboxylic acids is 1. The molecule has 0 spiro atoms. The maximum atomic E-state index is 14.1. The van der Waals surface area contributed by atoms with E-state index in [1.165, 1.54) is 28.1 Å². The Bertz CT molecular complexity index is 1450. The molecule has 3 aromatic rings. The predicted molar refractivity (Wildman–Crippen MR) is 138 cm³/mol. The molecular formula is C24H30FN3O6S2. The summed E-state index contributed by atoms with van der Waals surface area (Å²) >= 11 is 0. The Morgan fingerprint density at radius 2 is 1.89 bits per heavy atom. The molecule has 1 aliphatic rings. The molecule has 2 heterocycles. The molecular weight excluding hydrogens is 509 g/mol. The number of benzene rings is 2. The molecule has 1 unspecified atom stereocenters. The lowest BCUT2D eigenvalue weighted by Crippen LogP contribution is -2.33. The minimum Gasteiger partial charge on any atom is -0.443 e. The third kappa shape index (κ3) is 4.89. The molecule has 0 saturated carbocycles. The quantitative estimate of drug-likeness (QED) is 0.408. The topological polar surface area (TPSA) is 121 Å². The van der Waals surface area contributed by atoms with Crippen LogP contribution in [-0.2, 0) is 14.8 Å². The summed E-state index contributed by atoms with van der Waals surface area (Å²) in [5, 5.41) is 0.622. The van der Waals surface area contributed by atoms with Gasteiger partial charge in [-0.15, -0.1) is 10.8 Å². The van der Waals surface area contributed by atoms with E-state index in [1.807, 2.05) is 0 Å². The average Bonchev–Trinajstić information content (AvgIpc) is 3.24. The molecule has 0 aliphatic carbocycles. The number of fused-ring (bicyclic) bond motifs is 2. The molecule has 0 fully saturated rings. The van der Waals surface area contributed by atoms with Gasteiger partial charge in [0.1, 0.15) is 11.4 Å². The highest BCUT2D eigenvalue weighted by Gasteiger charge is 2.41. The third-order valence-electron chi connectivity index (χ3n) is 6.07. The summed E-state index contributed by atoms with van der Waals surface area (Å²) in [4.78, 5) is 13.2. The molecule has 0 amide bonds. The van der Waals surface area contributed by atoms with Crippen LogP contribution >= 0.6 is 10.8 Å². The first-order valence-electron chi connectivity index (χ1n) is 11.3. The van der Waals surface area contributed by atoms with Crippen molar-refractivity contribution in [2.45, 2.75) is 44.2 Å². The minimum atomic E-state index is -3.54. The Morgan fingerprint density at radius 3 is 2.53 bits per heavy atom. The van der Waals surface area contributed by atoms with Crippen molar-refractivity contribution in [2.75, 3.05) is 19.3 Å². The van der Waals surface area contributed by atoms with E-state index >= 15 is 0 Å². The van der Waals surface area contributed by atoms with Gasteiger partial charge in [-0.2, -0.15) is 4.31 Å². The molecule has 0 bridgehead atoms. The average molecular weight is 540 g/mol. The largest absolute Gasteiger partial charge is 0.443 e. The summed E-state index contributed by atoms with van der Waals surface area (Å²) in [6.07, 6.45) is 0.930. The van der Waals surface area contributed by atoms with Crippen molar-refractivity contribution < 1.29 is 31.4 Å². The van der Waals surface area contributed by atoms with Crippen molar-refractivity contribution in [3.63, 3.8) is 0 Å². The summed E-state index contributed by atoms with van der Waals surface area (Å²) in [5.41, 5.74) is 1.55. The first kappa shape index (κ1) is 26.6. The lowest BCUT2D eigenvalue weighted by atomic mass is 9.99. The van der Waals surface area contributed by atoms with E-state index in [4.69, 9.17) is 4.74 Å². The van der Waals surface area contributed by atoms with E-state index in [0.29, 0.717) is 32.5 Å².